The van der Waals surface area contributed by atoms with E-state index in [1.54, 1.807) is 42.1 Å². The van der Waals surface area contributed by atoms with Crippen LogP contribution in [0.5, 0.6) is 0 Å². The topological polar surface area (TPSA) is 84.5 Å². The Hall–Kier alpha value is -2.28. The summed E-state index contributed by atoms with van der Waals surface area (Å²) in [6.45, 7) is 5.28. The van der Waals surface area contributed by atoms with Crippen LogP contribution in [0.3, 0.4) is 0 Å². The number of rotatable bonds is 10. The lowest BCUT2D eigenvalue weighted by molar-refractivity contribution is -0.156. The first kappa shape index (κ1) is 20.8. The minimum absolute atomic E-state index is 0.293. The van der Waals surface area contributed by atoms with E-state index in [0.717, 1.165) is 0 Å². The maximum absolute atomic E-state index is 12.4. The minimum atomic E-state index is -0.946. The molecule has 25 heavy (non-hydrogen) atoms. The van der Waals surface area contributed by atoms with Gasteiger partial charge in [0.2, 0.25) is 0 Å². The summed E-state index contributed by atoms with van der Waals surface area (Å²) in [5, 5.41) is 5.24. The van der Waals surface area contributed by atoms with E-state index in [4.69, 9.17) is 4.74 Å². The zero-order chi connectivity index (χ0) is 18.7. The van der Waals surface area contributed by atoms with Gasteiger partial charge in [-0.25, -0.2) is 4.79 Å². The van der Waals surface area contributed by atoms with E-state index < -0.39 is 24.0 Å². The first-order chi connectivity index (χ1) is 12.0. The summed E-state index contributed by atoms with van der Waals surface area (Å²) in [5.41, 5.74) is 0.459. The van der Waals surface area contributed by atoms with Gasteiger partial charge in [0.05, 0.1) is 0 Å². The van der Waals surface area contributed by atoms with E-state index in [2.05, 4.69) is 17.2 Å². The van der Waals surface area contributed by atoms with Crippen LogP contribution < -0.4 is 10.6 Å². The fourth-order valence-electron chi connectivity index (χ4n) is 1.94. The van der Waals surface area contributed by atoms with Crippen LogP contribution in [0.2, 0.25) is 0 Å². The number of hydrogen-bond donors (Lipinski definition) is 2. The van der Waals surface area contributed by atoms with Crippen molar-refractivity contribution in [1.82, 2.24) is 10.6 Å². The van der Waals surface area contributed by atoms with Gasteiger partial charge in [-0.3, -0.25) is 9.59 Å². The van der Waals surface area contributed by atoms with Crippen LogP contribution in [-0.4, -0.2) is 48.5 Å². The van der Waals surface area contributed by atoms with Gasteiger partial charge in [-0.05, 0) is 37.5 Å². The smallest absolute Gasteiger partial charge is 0.329 e. The second-order valence-corrected chi connectivity index (χ2v) is 6.27. The molecule has 2 amide bonds. The van der Waals surface area contributed by atoms with E-state index in [9.17, 15) is 14.4 Å². The summed E-state index contributed by atoms with van der Waals surface area (Å²) >= 11 is 1.56. The lowest BCUT2D eigenvalue weighted by atomic mass is 10.1. The highest BCUT2D eigenvalue weighted by Gasteiger charge is 2.26. The van der Waals surface area contributed by atoms with Crippen molar-refractivity contribution in [2.45, 2.75) is 25.5 Å². The van der Waals surface area contributed by atoms with E-state index >= 15 is 0 Å². The van der Waals surface area contributed by atoms with Gasteiger partial charge in [-0.2, -0.15) is 11.8 Å². The van der Waals surface area contributed by atoms with E-state index in [1.807, 2.05) is 6.26 Å². The molecule has 1 rings (SSSR count). The lowest BCUT2D eigenvalue weighted by Gasteiger charge is -2.20. The molecule has 0 aliphatic carbocycles. The van der Waals surface area contributed by atoms with Gasteiger partial charge in [-0.1, -0.05) is 24.3 Å². The zero-order valence-corrected chi connectivity index (χ0v) is 15.3. The number of ether oxygens (including phenoxy) is 1. The van der Waals surface area contributed by atoms with Crippen molar-refractivity contribution >= 4 is 29.5 Å². The average Bonchev–Trinajstić information content (AvgIpc) is 2.63. The van der Waals surface area contributed by atoms with Gasteiger partial charge in [0.15, 0.2) is 6.10 Å². The third kappa shape index (κ3) is 7.43. The minimum Gasteiger partial charge on any atom is -0.451 e. The first-order valence-electron chi connectivity index (χ1n) is 7.93. The Morgan fingerprint density at radius 1 is 1.28 bits per heavy atom. The molecule has 0 saturated carbocycles. The molecule has 0 aliphatic rings. The molecule has 1 aromatic carbocycles. The highest BCUT2D eigenvalue weighted by atomic mass is 32.2. The van der Waals surface area contributed by atoms with Crippen LogP contribution in [0.1, 0.15) is 23.7 Å². The van der Waals surface area contributed by atoms with Crippen molar-refractivity contribution in [3.05, 3.63) is 48.6 Å². The predicted octanol–water partition coefficient (Wildman–Crippen LogP) is 1.77. The summed E-state index contributed by atoms with van der Waals surface area (Å²) in [4.78, 5) is 36.4. The number of esters is 1. The van der Waals surface area contributed by atoms with Gasteiger partial charge in [0.1, 0.15) is 6.04 Å². The molecule has 0 saturated heterocycles. The molecule has 7 heteroatoms. The van der Waals surface area contributed by atoms with Gasteiger partial charge < -0.3 is 15.4 Å². The molecule has 0 aromatic heterocycles. The monoisotopic (exact) mass is 364 g/mol. The Morgan fingerprint density at radius 3 is 2.56 bits per heavy atom. The Kier molecular flexibility index (Phi) is 9.39. The Labute approximate surface area is 152 Å². The summed E-state index contributed by atoms with van der Waals surface area (Å²) in [6.07, 6.45) is 2.91. The van der Waals surface area contributed by atoms with Crippen LogP contribution in [0, 0.1) is 0 Å². The van der Waals surface area contributed by atoms with Gasteiger partial charge >= 0.3 is 5.97 Å². The molecule has 1 aromatic rings. The highest BCUT2D eigenvalue weighted by Crippen LogP contribution is 2.07. The van der Waals surface area contributed by atoms with Gasteiger partial charge in [-0.15, -0.1) is 6.58 Å². The molecule has 2 N–H and O–H groups in total. The standard InChI is InChI=1S/C18H24N2O4S/c1-4-11-19-16(21)13(2)24-18(23)15(10-12-25-3)20-17(22)14-8-6-5-7-9-14/h4-9,13,15H,1,10-12H2,2-3H3,(H,19,21)(H,20,22)/t13-,15-/m1/s1. The largest absolute Gasteiger partial charge is 0.451 e. The third-order valence-corrected chi connectivity index (χ3v) is 3.96. The van der Waals surface area contributed by atoms with Crippen LogP contribution in [0.25, 0.3) is 0 Å². The van der Waals surface area contributed by atoms with E-state index in [0.29, 0.717) is 24.3 Å². The number of nitrogens with one attached hydrogen (secondary N) is 2. The van der Waals surface area contributed by atoms with Crippen LogP contribution in [0.15, 0.2) is 43.0 Å². The maximum atomic E-state index is 12.4. The van der Waals surface area contributed by atoms with E-state index in [1.165, 1.54) is 13.0 Å². The summed E-state index contributed by atoms with van der Waals surface area (Å²) in [6, 6.07) is 7.82. The second kappa shape index (κ2) is 11.3. The summed E-state index contributed by atoms with van der Waals surface area (Å²) in [7, 11) is 0. The molecule has 0 fully saturated rings. The molecule has 0 radical (unpaired) electrons. The van der Waals surface area contributed by atoms with Crippen molar-refractivity contribution in [1.29, 1.82) is 0 Å². The van der Waals surface area contributed by atoms with Crippen molar-refractivity contribution in [2.24, 2.45) is 0 Å². The van der Waals surface area contributed by atoms with Gasteiger partial charge in [0.25, 0.3) is 11.8 Å². The molecule has 0 aliphatic heterocycles. The Morgan fingerprint density at radius 2 is 1.96 bits per heavy atom. The molecular formula is C18H24N2O4S. The van der Waals surface area contributed by atoms with Crippen LogP contribution in [-0.2, 0) is 14.3 Å². The Balaban J connectivity index is 2.69. The average molecular weight is 364 g/mol. The number of benzene rings is 1. The van der Waals surface area contributed by atoms with Crippen molar-refractivity contribution in [2.75, 3.05) is 18.6 Å². The third-order valence-electron chi connectivity index (χ3n) is 3.32. The summed E-state index contributed by atoms with van der Waals surface area (Å²) < 4.78 is 5.20. The normalized spacial score (nSPS) is 12.6. The quantitative estimate of drug-likeness (QED) is 0.488. The molecule has 136 valence electrons. The zero-order valence-electron chi connectivity index (χ0n) is 14.5. The van der Waals surface area contributed by atoms with Crippen LogP contribution >= 0.6 is 11.8 Å². The Bertz CT molecular complexity index is 592. The molecule has 6 nitrogen and oxygen atoms in total. The highest BCUT2D eigenvalue weighted by molar-refractivity contribution is 7.98. The SMILES string of the molecule is C=CCNC(=O)[C@@H](C)OC(=O)[C@@H](CCSC)NC(=O)c1ccccc1. The van der Waals surface area contributed by atoms with Crippen LogP contribution in [0.4, 0.5) is 0 Å². The molecule has 0 bridgehead atoms. The summed E-state index contributed by atoms with van der Waals surface area (Å²) in [5.74, 6) is -0.718. The molecule has 0 spiro atoms. The van der Waals surface area contributed by atoms with E-state index in [-0.39, 0.29) is 5.91 Å². The fraction of sp³-hybridized carbons (Fsp3) is 0.389. The van der Waals surface area contributed by atoms with Crippen molar-refractivity contribution in [3.63, 3.8) is 0 Å². The number of amides is 2. The molecule has 2 atom stereocenters. The molecule has 0 heterocycles. The lowest BCUT2D eigenvalue weighted by Crippen LogP contribution is -2.45. The number of thioether (sulfide) groups is 1. The molecular weight excluding hydrogens is 340 g/mol. The maximum Gasteiger partial charge on any atom is 0.329 e. The predicted molar refractivity (Wildman–Crippen MR) is 99.5 cm³/mol. The number of hydrogen-bond acceptors (Lipinski definition) is 5. The fourth-order valence-corrected chi connectivity index (χ4v) is 2.41. The van der Waals surface area contributed by atoms with Crippen molar-refractivity contribution < 1.29 is 19.1 Å². The second-order valence-electron chi connectivity index (χ2n) is 5.29. The number of carbonyl (C=O) groups excluding carboxylic acids is 3. The number of carbonyl (C=O) groups is 3. The van der Waals surface area contributed by atoms with Gasteiger partial charge in [0, 0.05) is 12.1 Å². The first-order valence-corrected chi connectivity index (χ1v) is 9.33. The molecule has 0 unspecified atom stereocenters. The van der Waals surface area contributed by atoms with Crippen molar-refractivity contribution in [3.8, 4) is 0 Å².